The van der Waals surface area contributed by atoms with Crippen molar-refractivity contribution in [2.24, 2.45) is 0 Å². The van der Waals surface area contributed by atoms with Crippen LogP contribution in [0, 0.1) is 0 Å². The van der Waals surface area contributed by atoms with Crippen LogP contribution in [-0.2, 0) is 0 Å². The summed E-state index contributed by atoms with van der Waals surface area (Å²) in [6.07, 6.45) is 0. The SMILES string of the molecule is Nc1c(C(=O)O)cccc1-c1ccccc1Cl. The lowest BCUT2D eigenvalue weighted by Gasteiger charge is -2.09. The molecule has 0 radical (unpaired) electrons. The lowest BCUT2D eigenvalue weighted by Crippen LogP contribution is -2.03. The average Bonchev–Trinajstić information content (AvgIpc) is 2.30. The van der Waals surface area contributed by atoms with Crippen molar-refractivity contribution < 1.29 is 9.90 Å². The number of halogens is 1. The topological polar surface area (TPSA) is 63.3 Å². The molecule has 17 heavy (non-hydrogen) atoms. The molecule has 4 heteroatoms. The van der Waals surface area contributed by atoms with E-state index in [1.54, 1.807) is 24.3 Å². The molecule has 0 bridgehead atoms. The summed E-state index contributed by atoms with van der Waals surface area (Å²) in [4.78, 5) is 11.0. The summed E-state index contributed by atoms with van der Waals surface area (Å²) in [5.41, 5.74) is 7.53. The minimum absolute atomic E-state index is 0.0856. The van der Waals surface area contributed by atoms with Crippen molar-refractivity contribution in [3.63, 3.8) is 0 Å². The maximum Gasteiger partial charge on any atom is 0.337 e. The second-order valence-corrected chi connectivity index (χ2v) is 3.96. The Hall–Kier alpha value is -2.00. The molecule has 0 heterocycles. The van der Waals surface area contributed by atoms with Crippen LogP contribution in [-0.4, -0.2) is 11.1 Å². The molecule has 0 atom stereocenters. The highest BCUT2D eigenvalue weighted by Crippen LogP contribution is 2.33. The predicted molar refractivity (Wildman–Crippen MR) is 68.3 cm³/mol. The number of hydrogen-bond donors (Lipinski definition) is 2. The van der Waals surface area contributed by atoms with Crippen molar-refractivity contribution in [2.75, 3.05) is 5.73 Å². The number of benzene rings is 2. The summed E-state index contributed by atoms with van der Waals surface area (Å²) in [6.45, 7) is 0. The fourth-order valence-corrected chi connectivity index (χ4v) is 1.90. The third-order valence-electron chi connectivity index (χ3n) is 2.50. The molecule has 3 nitrogen and oxygen atoms in total. The normalized spacial score (nSPS) is 10.2. The van der Waals surface area contributed by atoms with E-state index >= 15 is 0 Å². The number of para-hydroxylation sites is 1. The zero-order chi connectivity index (χ0) is 12.4. The molecule has 0 aromatic heterocycles. The van der Waals surface area contributed by atoms with Crippen molar-refractivity contribution in [1.82, 2.24) is 0 Å². The van der Waals surface area contributed by atoms with Crippen LogP contribution in [0.4, 0.5) is 5.69 Å². The molecule has 0 saturated carbocycles. The van der Waals surface area contributed by atoms with E-state index in [-0.39, 0.29) is 11.3 Å². The van der Waals surface area contributed by atoms with Gasteiger partial charge in [-0.1, -0.05) is 41.9 Å². The van der Waals surface area contributed by atoms with Gasteiger partial charge in [-0.3, -0.25) is 0 Å². The number of nitrogens with two attached hydrogens (primary N) is 1. The molecule has 86 valence electrons. The molecular formula is C13H10ClNO2. The number of nitrogen functional groups attached to an aromatic ring is 1. The quantitative estimate of drug-likeness (QED) is 0.801. The zero-order valence-corrected chi connectivity index (χ0v) is 9.61. The van der Waals surface area contributed by atoms with E-state index in [9.17, 15) is 4.79 Å². The largest absolute Gasteiger partial charge is 0.478 e. The first kappa shape index (κ1) is 11.5. The van der Waals surface area contributed by atoms with E-state index in [4.69, 9.17) is 22.4 Å². The van der Waals surface area contributed by atoms with Gasteiger partial charge in [-0.2, -0.15) is 0 Å². The Bertz CT molecular complexity index is 581. The van der Waals surface area contributed by atoms with Gasteiger partial charge in [-0.25, -0.2) is 4.79 Å². The van der Waals surface area contributed by atoms with Crippen molar-refractivity contribution in [3.05, 3.63) is 53.1 Å². The molecule has 0 spiro atoms. The molecular weight excluding hydrogens is 238 g/mol. The molecule has 2 aromatic rings. The molecule has 3 N–H and O–H groups in total. The van der Waals surface area contributed by atoms with Crippen LogP contribution in [0.15, 0.2) is 42.5 Å². The average molecular weight is 248 g/mol. The highest BCUT2D eigenvalue weighted by molar-refractivity contribution is 6.33. The highest BCUT2D eigenvalue weighted by atomic mass is 35.5. The van der Waals surface area contributed by atoms with Gasteiger partial charge in [-0.15, -0.1) is 0 Å². The molecule has 0 fully saturated rings. The number of rotatable bonds is 2. The van der Waals surface area contributed by atoms with E-state index in [0.717, 1.165) is 5.56 Å². The van der Waals surface area contributed by atoms with Crippen molar-refractivity contribution >= 4 is 23.3 Å². The Labute approximate surface area is 103 Å². The minimum atomic E-state index is -1.04. The van der Waals surface area contributed by atoms with Crippen molar-refractivity contribution in [2.45, 2.75) is 0 Å². The Morgan fingerprint density at radius 1 is 1.06 bits per heavy atom. The van der Waals surface area contributed by atoms with Crippen LogP contribution >= 0.6 is 11.6 Å². The van der Waals surface area contributed by atoms with Gasteiger partial charge in [-0.05, 0) is 12.1 Å². The first-order valence-corrected chi connectivity index (χ1v) is 5.35. The Morgan fingerprint density at radius 3 is 2.35 bits per heavy atom. The van der Waals surface area contributed by atoms with Gasteiger partial charge in [0.1, 0.15) is 0 Å². The van der Waals surface area contributed by atoms with Crippen LogP contribution < -0.4 is 5.73 Å². The number of anilines is 1. The van der Waals surface area contributed by atoms with Crippen LogP contribution in [0.25, 0.3) is 11.1 Å². The second kappa shape index (κ2) is 4.47. The first-order chi connectivity index (χ1) is 8.11. The lowest BCUT2D eigenvalue weighted by molar-refractivity contribution is 0.0698. The van der Waals surface area contributed by atoms with Gasteiger partial charge >= 0.3 is 5.97 Å². The summed E-state index contributed by atoms with van der Waals surface area (Å²) in [5, 5.41) is 9.54. The van der Waals surface area contributed by atoms with Gasteiger partial charge < -0.3 is 10.8 Å². The summed E-state index contributed by atoms with van der Waals surface area (Å²) < 4.78 is 0. The van der Waals surface area contributed by atoms with Crippen molar-refractivity contribution in [3.8, 4) is 11.1 Å². The molecule has 0 aliphatic carbocycles. The number of carboxylic acid groups (broad SMARTS) is 1. The molecule has 0 unspecified atom stereocenters. The number of aromatic carboxylic acids is 1. The summed E-state index contributed by atoms with van der Waals surface area (Å²) in [7, 11) is 0. The summed E-state index contributed by atoms with van der Waals surface area (Å²) in [5.74, 6) is -1.04. The number of hydrogen-bond acceptors (Lipinski definition) is 2. The molecule has 2 rings (SSSR count). The van der Waals surface area contributed by atoms with E-state index in [0.29, 0.717) is 10.6 Å². The van der Waals surface area contributed by atoms with E-state index < -0.39 is 5.97 Å². The maximum absolute atomic E-state index is 11.0. The minimum Gasteiger partial charge on any atom is -0.478 e. The second-order valence-electron chi connectivity index (χ2n) is 3.55. The standard InChI is InChI=1S/C13H10ClNO2/c14-11-7-2-1-4-8(11)9-5-3-6-10(12(9)15)13(16)17/h1-7H,15H2,(H,16,17). The summed E-state index contributed by atoms with van der Waals surface area (Å²) >= 11 is 6.06. The van der Waals surface area contributed by atoms with E-state index in [1.807, 2.05) is 12.1 Å². The number of carboxylic acids is 1. The molecule has 2 aromatic carbocycles. The number of carbonyl (C=O) groups is 1. The van der Waals surface area contributed by atoms with Gasteiger partial charge in [0.05, 0.1) is 11.3 Å². The molecule has 0 aliphatic rings. The third-order valence-corrected chi connectivity index (χ3v) is 2.83. The van der Waals surface area contributed by atoms with Gasteiger partial charge in [0.2, 0.25) is 0 Å². The van der Waals surface area contributed by atoms with Crippen LogP contribution in [0.5, 0.6) is 0 Å². The van der Waals surface area contributed by atoms with Crippen LogP contribution in [0.2, 0.25) is 5.02 Å². The molecule has 0 aliphatic heterocycles. The monoisotopic (exact) mass is 247 g/mol. The van der Waals surface area contributed by atoms with Gasteiger partial charge in [0.25, 0.3) is 0 Å². The molecule has 0 amide bonds. The Balaban J connectivity index is 2.65. The van der Waals surface area contributed by atoms with E-state index in [2.05, 4.69) is 0 Å². The van der Waals surface area contributed by atoms with Crippen LogP contribution in [0.3, 0.4) is 0 Å². The Morgan fingerprint density at radius 2 is 1.71 bits per heavy atom. The fraction of sp³-hybridized carbons (Fsp3) is 0. The smallest absolute Gasteiger partial charge is 0.337 e. The third kappa shape index (κ3) is 2.10. The lowest BCUT2D eigenvalue weighted by atomic mass is 10.0. The summed E-state index contributed by atoms with van der Waals surface area (Å²) in [6, 6.07) is 12.1. The highest BCUT2D eigenvalue weighted by Gasteiger charge is 2.13. The van der Waals surface area contributed by atoms with Gasteiger partial charge in [0, 0.05) is 16.1 Å². The van der Waals surface area contributed by atoms with Gasteiger partial charge in [0.15, 0.2) is 0 Å². The first-order valence-electron chi connectivity index (χ1n) is 4.98. The van der Waals surface area contributed by atoms with Crippen molar-refractivity contribution in [1.29, 1.82) is 0 Å². The fourth-order valence-electron chi connectivity index (χ4n) is 1.67. The zero-order valence-electron chi connectivity index (χ0n) is 8.85. The Kier molecular flexibility index (Phi) is 3.02. The van der Waals surface area contributed by atoms with E-state index in [1.165, 1.54) is 6.07 Å². The molecule has 0 saturated heterocycles. The maximum atomic E-state index is 11.0. The van der Waals surface area contributed by atoms with Crippen LogP contribution in [0.1, 0.15) is 10.4 Å². The predicted octanol–water partition coefficient (Wildman–Crippen LogP) is 3.29.